The van der Waals surface area contributed by atoms with Gasteiger partial charge in [0.15, 0.2) is 5.60 Å². The van der Waals surface area contributed by atoms with Gasteiger partial charge in [-0.25, -0.2) is 4.79 Å². The molecule has 0 aromatic rings. The Bertz CT molecular complexity index is 477. The molecule has 4 nitrogen and oxygen atoms in total. The Labute approximate surface area is 128 Å². The van der Waals surface area contributed by atoms with Crippen LogP contribution in [0.3, 0.4) is 0 Å². The van der Waals surface area contributed by atoms with Crippen LogP contribution in [0.15, 0.2) is 0 Å². The van der Waals surface area contributed by atoms with Crippen molar-refractivity contribution in [3.05, 3.63) is 0 Å². The lowest BCUT2D eigenvalue weighted by molar-refractivity contribution is -0.225. The molecular formula is C16H22F2O4. The zero-order valence-corrected chi connectivity index (χ0v) is 12.9. The van der Waals surface area contributed by atoms with Crippen LogP contribution in [-0.4, -0.2) is 28.6 Å². The van der Waals surface area contributed by atoms with E-state index >= 15 is 0 Å². The van der Waals surface area contributed by atoms with Crippen LogP contribution >= 0.6 is 0 Å². The Morgan fingerprint density at radius 1 is 1.05 bits per heavy atom. The summed E-state index contributed by atoms with van der Waals surface area (Å²) in [5, 5.41) is 8.68. The van der Waals surface area contributed by atoms with Crippen LogP contribution in [0.2, 0.25) is 0 Å². The number of aliphatic carboxylic acids is 1. The fraction of sp³-hybridized carbons (Fsp3) is 0.875. The largest absolute Gasteiger partial charge is 0.477 e. The number of hydrogen-bond acceptors (Lipinski definition) is 3. The molecule has 0 spiro atoms. The van der Waals surface area contributed by atoms with Gasteiger partial charge in [0.25, 0.3) is 0 Å². The summed E-state index contributed by atoms with van der Waals surface area (Å²) in [6.07, 6.45) is 5.48. The van der Waals surface area contributed by atoms with E-state index in [1.807, 2.05) is 0 Å². The van der Waals surface area contributed by atoms with Gasteiger partial charge >= 0.3 is 17.9 Å². The summed E-state index contributed by atoms with van der Waals surface area (Å²) < 4.78 is 32.6. The second-order valence-electron chi connectivity index (χ2n) is 7.98. The summed E-state index contributed by atoms with van der Waals surface area (Å²) in [4.78, 5) is 23.4. The van der Waals surface area contributed by atoms with Crippen LogP contribution in [0, 0.1) is 23.2 Å². The molecule has 4 saturated carbocycles. The maximum atomic E-state index is 13.8. The summed E-state index contributed by atoms with van der Waals surface area (Å²) in [6.45, 7) is 1.94. The number of esters is 1. The number of carboxylic acid groups (broad SMARTS) is 1. The third-order valence-electron chi connectivity index (χ3n) is 5.84. The third kappa shape index (κ3) is 2.22. The predicted molar refractivity (Wildman–Crippen MR) is 73.4 cm³/mol. The van der Waals surface area contributed by atoms with Gasteiger partial charge in [-0.2, -0.15) is 8.78 Å². The smallest absolute Gasteiger partial charge is 0.380 e. The molecule has 0 saturated heterocycles. The van der Waals surface area contributed by atoms with Crippen molar-refractivity contribution < 1.29 is 28.2 Å². The van der Waals surface area contributed by atoms with E-state index in [0.717, 1.165) is 33.1 Å². The fourth-order valence-corrected chi connectivity index (χ4v) is 5.02. The summed E-state index contributed by atoms with van der Waals surface area (Å²) in [5.41, 5.74) is -3.01. The molecule has 0 aliphatic heterocycles. The minimum Gasteiger partial charge on any atom is -0.477 e. The highest BCUT2D eigenvalue weighted by molar-refractivity contribution is 5.81. The lowest BCUT2D eigenvalue weighted by Crippen LogP contribution is -2.56. The van der Waals surface area contributed by atoms with Crippen LogP contribution in [0.1, 0.15) is 52.4 Å². The molecule has 124 valence electrons. The first kappa shape index (κ1) is 15.7. The zero-order chi connectivity index (χ0) is 16.3. The van der Waals surface area contributed by atoms with Crippen LogP contribution in [-0.2, 0) is 14.3 Å². The molecule has 0 heterocycles. The topological polar surface area (TPSA) is 63.6 Å². The van der Waals surface area contributed by atoms with Gasteiger partial charge in [0.05, 0.1) is 5.41 Å². The lowest BCUT2D eigenvalue weighted by Gasteiger charge is -2.55. The van der Waals surface area contributed by atoms with Crippen LogP contribution in [0.4, 0.5) is 8.78 Å². The fourth-order valence-electron chi connectivity index (χ4n) is 5.02. The highest BCUT2D eigenvalue weighted by Gasteiger charge is 2.61. The van der Waals surface area contributed by atoms with Gasteiger partial charge in [-0.3, -0.25) is 4.79 Å². The molecular weight excluding hydrogens is 294 g/mol. The molecule has 0 aromatic heterocycles. The first-order valence-corrected chi connectivity index (χ1v) is 7.90. The van der Waals surface area contributed by atoms with Crippen molar-refractivity contribution in [3.8, 4) is 0 Å². The molecule has 4 bridgehead atoms. The SMILES string of the molecule is CC(C)(OC(=O)C12CC3CC(CC(C3)C1)C2)C(F)(F)C(=O)O. The first-order chi connectivity index (χ1) is 10.1. The molecule has 4 aliphatic rings. The Morgan fingerprint density at radius 3 is 1.82 bits per heavy atom. The highest BCUT2D eigenvalue weighted by atomic mass is 19.3. The Hall–Kier alpha value is -1.20. The van der Waals surface area contributed by atoms with Crippen molar-refractivity contribution in [1.29, 1.82) is 0 Å². The van der Waals surface area contributed by atoms with E-state index in [4.69, 9.17) is 9.84 Å². The molecule has 4 aliphatic carbocycles. The molecule has 0 amide bonds. The molecule has 0 atom stereocenters. The van der Waals surface area contributed by atoms with Gasteiger partial charge < -0.3 is 9.84 Å². The van der Waals surface area contributed by atoms with Crippen LogP contribution < -0.4 is 0 Å². The monoisotopic (exact) mass is 316 g/mol. The average Bonchev–Trinajstić information content (AvgIpc) is 2.35. The van der Waals surface area contributed by atoms with E-state index in [0.29, 0.717) is 37.0 Å². The van der Waals surface area contributed by atoms with E-state index in [9.17, 15) is 18.4 Å². The minimum absolute atomic E-state index is 0.488. The molecule has 22 heavy (non-hydrogen) atoms. The lowest BCUT2D eigenvalue weighted by atomic mass is 9.49. The Kier molecular flexibility index (Phi) is 3.31. The first-order valence-electron chi connectivity index (χ1n) is 7.90. The van der Waals surface area contributed by atoms with Gasteiger partial charge in [0.2, 0.25) is 0 Å². The Balaban J connectivity index is 1.79. The van der Waals surface area contributed by atoms with E-state index in [1.165, 1.54) is 0 Å². The van der Waals surface area contributed by atoms with Crippen molar-refractivity contribution in [1.82, 2.24) is 0 Å². The van der Waals surface area contributed by atoms with Gasteiger partial charge in [0, 0.05) is 0 Å². The van der Waals surface area contributed by atoms with Crippen molar-refractivity contribution in [2.24, 2.45) is 23.2 Å². The third-order valence-corrected chi connectivity index (χ3v) is 5.84. The second kappa shape index (κ2) is 4.65. The minimum atomic E-state index is -4.11. The zero-order valence-electron chi connectivity index (χ0n) is 12.9. The highest BCUT2D eigenvalue weighted by Crippen LogP contribution is 2.60. The molecule has 1 N–H and O–H groups in total. The van der Waals surface area contributed by atoms with Crippen molar-refractivity contribution in [2.45, 2.75) is 63.9 Å². The summed E-state index contributed by atoms with van der Waals surface area (Å²) in [7, 11) is 0. The van der Waals surface area contributed by atoms with E-state index in [1.54, 1.807) is 0 Å². The van der Waals surface area contributed by atoms with Crippen molar-refractivity contribution in [2.75, 3.05) is 0 Å². The maximum absolute atomic E-state index is 13.8. The summed E-state index contributed by atoms with van der Waals surface area (Å²) in [6, 6.07) is 0. The molecule has 0 aromatic carbocycles. The van der Waals surface area contributed by atoms with E-state index in [-0.39, 0.29) is 0 Å². The van der Waals surface area contributed by atoms with Gasteiger partial charge in [0.1, 0.15) is 0 Å². The standard InChI is InChI=1S/C16H22F2O4/c1-14(2,16(17,18)12(19)20)22-13(21)15-6-9-3-10(7-15)5-11(4-9)8-15/h9-11H,3-8H2,1-2H3,(H,19,20). The molecule has 0 unspecified atom stereocenters. The molecule has 6 heteroatoms. The number of carbonyl (C=O) groups excluding carboxylic acids is 1. The van der Waals surface area contributed by atoms with Crippen molar-refractivity contribution >= 4 is 11.9 Å². The van der Waals surface area contributed by atoms with Gasteiger partial charge in [-0.05, 0) is 70.1 Å². The average molecular weight is 316 g/mol. The van der Waals surface area contributed by atoms with Crippen LogP contribution in [0.25, 0.3) is 0 Å². The van der Waals surface area contributed by atoms with E-state index < -0.39 is 28.9 Å². The number of carboxylic acids is 1. The van der Waals surface area contributed by atoms with Gasteiger partial charge in [-0.1, -0.05) is 0 Å². The maximum Gasteiger partial charge on any atom is 0.380 e. The predicted octanol–water partition coefficient (Wildman–Crippen LogP) is 3.24. The number of hydrogen-bond donors (Lipinski definition) is 1. The number of alkyl halides is 2. The molecule has 0 radical (unpaired) electrons. The van der Waals surface area contributed by atoms with Crippen LogP contribution in [0.5, 0.6) is 0 Å². The molecule has 4 fully saturated rings. The Morgan fingerprint density at radius 2 is 1.45 bits per heavy atom. The summed E-state index contributed by atoms with van der Waals surface area (Å²) >= 11 is 0. The van der Waals surface area contributed by atoms with Gasteiger partial charge in [-0.15, -0.1) is 0 Å². The summed E-state index contributed by atoms with van der Waals surface area (Å²) in [5.74, 6) is -5.54. The number of carbonyl (C=O) groups is 2. The van der Waals surface area contributed by atoms with E-state index in [2.05, 4.69) is 0 Å². The normalized spacial score (nSPS) is 37.2. The number of halogens is 2. The number of rotatable bonds is 4. The van der Waals surface area contributed by atoms with Crippen molar-refractivity contribution in [3.63, 3.8) is 0 Å². The quantitative estimate of drug-likeness (QED) is 0.809. The molecule has 4 rings (SSSR count). The second-order valence-corrected chi connectivity index (χ2v) is 7.98. The number of ether oxygens (including phenoxy) is 1.